The molecular weight excluding hydrogens is 212 g/mol. The molecule has 2 rings (SSSR count). The third-order valence-corrected chi connectivity index (χ3v) is 2.60. The fraction of sp³-hybridized carbons (Fsp3) is 0.364. The Balaban J connectivity index is 2.46. The van der Waals surface area contributed by atoms with E-state index in [1.54, 1.807) is 24.3 Å². The molecule has 2 atom stereocenters. The predicted molar refractivity (Wildman–Crippen MR) is 53.8 cm³/mol. The van der Waals surface area contributed by atoms with Gasteiger partial charge in [0.1, 0.15) is 5.75 Å². The largest absolute Gasteiger partial charge is 0.472 e. The van der Waals surface area contributed by atoms with Crippen LogP contribution in [0.25, 0.3) is 0 Å². The van der Waals surface area contributed by atoms with Crippen LogP contribution in [-0.2, 0) is 20.1 Å². The molecule has 16 heavy (non-hydrogen) atoms. The van der Waals surface area contributed by atoms with E-state index in [1.165, 1.54) is 14.2 Å². The van der Waals surface area contributed by atoms with Gasteiger partial charge >= 0.3 is 5.97 Å². The number of para-hydroxylation sites is 1. The maximum absolute atomic E-state index is 11.5. The molecule has 1 heterocycles. The summed E-state index contributed by atoms with van der Waals surface area (Å²) in [6.45, 7) is 0. The van der Waals surface area contributed by atoms with Crippen molar-refractivity contribution in [2.24, 2.45) is 0 Å². The molecule has 0 aromatic heterocycles. The molecule has 0 fully saturated rings. The number of hydrogen-bond acceptors (Lipinski definition) is 5. The third kappa shape index (κ3) is 1.36. The summed E-state index contributed by atoms with van der Waals surface area (Å²) in [6.07, 6.45) is -1.19. The molecule has 0 amide bonds. The summed E-state index contributed by atoms with van der Waals surface area (Å²) in [6, 6.07) is 6.77. The van der Waals surface area contributed by atoms with Crippen LogP contribution in [-0.4, -0.2) is 31.4 Å². The number of benzene rings is 1. The zero-order valence-electron chi connectivity index (χ0n) is 8.97. The molecule has 0 spiro atoms. The average molecular weight is 224 g/mol. The zero-order chi connectivity index (χ0) is 11.8. The minimum absolute atomic E-state index is 0.419. The van der Waals surface area contributed by atoms with Gasteiger partial charge in [0.2, 0.25) is 5.79 Å². The Bertz CT molecular complexity index is 417. The number of carbonyl (C=O) groups excluding carboxylic acids is 1. The molecule has 1 aliphatic heterocycles. The molecule has 0 radical (unpaired) electrons. The monoisotopic (exact) mass is 224 g/mol. The van der Waals surface area contributed by atoms with E-state index in [0.29, 0.717) is 11.3 Å². The van der Waals surface area contributed by atoms with Crippen molar-refractivity contribution in [2.45, 2.75) is 11.9 Å². The second-order valence-electron chi connectivity index (χ2n) is 3.42. The molecule has 86 valence electrons. The van der Waals surface area contributed by atoms with Crippen molar-refractivity contribution < 1.29 is 24.1 Å². The van der Waals surface area contributed by atoms with Crippen molar-refractivity contribution >= 4 is 5.97 Å². The van der Waals surface area contributed by atoms with E-state index >= 15 is 0 Å². The molecule has 1 aromatic carbocycles. The Kier molecular flexibility index (Phi) is 2.57. The molecule has 0 saturated carbocycles. The first-order chi connectivity index (χ1) is 7.63. The van der Waals surface area contributed by atoms with Gasteiger partial charge in [-0.1, -0.05) is 12.1 Å². The lowest BCUT2D eigenvalue weighted by atomic mass is 10.0. The van der Waals surface area contributed by atoms with Gasteiger partial charge in [-0.3, -0.25) is 0 Å². The van der Waals surface area contributed by atoms with E-state index in [2.05, 4.69) is 4.74 Å². The highest BCUT2D eigenvalue weighted by Crippen LogP contribution is 2.41. The van der Waals surface area contributed by atoms with E-state index in [-0.39, 0.29) is 0 Å². The molecule has 2 unspecified atom stereocenters. The van der Waals surface area contributed by atoms with E-state index < -0.39 is 17.9 Å². The Morgan fingerprint density at radius 3 is 2.75 bits per heavy atom. The Morgan fingerprint density at radius 1 is 1.44 bits per heavy atom. The van der Waals surface area contributed by atoms with Gasteiger partial charge < -0.3 is 19.3 Å². The van der Waals surface area contributed by atoms with Crippen LogP contribution < -0.4 is 4.74 Å². The van der Waals surface area contributed by atoms with E-state index in [9.17, 15) is 9.90 Å². The summed E-state index contributed by atoms with van der Waals surface area (Å²) in [4.78, 5) is 11.5. The maximum atomic E-state index is 11.5. The summed E-state index contributed by atoms with van der Waals surface area (Å²) in [5.74, 6) is -2.05. The lowest BCUT2D eigenvalue weighted by Gasteiger charge is -2.24. The van der Waals surface area contributed by atoms with E-state index in [1.807, 2.05) is 0 Å². The predicted octanol–water partition coefficient (Wildman–Crippen LogP) is 0.412. The second kappa shape index (κ2) is 3.77. The number of methoxy groups -OCH3 is 2. The fourth-order valence-electron chi connectivity index (χ4n) is 1.75. The highest BCUT2D eigenvalue weighted by atomic mass is 16.7. The number of ether oxygens (including phenoxy) is 3. The van der Waals surface area contributed by atoms with Gasteiger partial charge in [0.15, 0.2) is 0 Å². The van der Waals surface area contributed by atoms with Crippen LogP contribution >= 0.6 is 0 Å². The van der Waals surface area contributed by atoms with Crippen LogP contribution in [0, 0.1) is 0 Å². The van der Waals surface area contributed by atoms with Gasteiger partial charge in [-0.05, 0) is 12.1 Å². The molecule has 0 aliphatic carbocycles. The first kappa shape index (κ1) is 10.9. The lowest BCUT2D eigenvalue weighted by Crippen LogP contribution is -2.45. The SMILES string of the molecule is COC(=O)C1Oc2ccccc2C1(O)OC. The van der Waals surface area contributed by atoms with E-state index in [4.69, 9.17) is 9.47 Å². The van der Waals surface area contributed by atoms with Crippen LogP contribution in [0.5, 0.6) is 5.75 Å². The first-order valence-corrected chi connectivity index (χ1v) is 4.75. The van der Waals surface area contributed by atoms with Crippen LogP contribution in [0.3, 0.4) is 0 Å². The highest BCUT2D eigenvalue weighted by molar-refractivity contribution is 5.78. The average Bonchev–Trinajstić information content (AvgIpc) is 2.63. The molecule has 5 heteroatoms. The molecule has 1 aliphatic rings. The topological polar surface area (TPSA) is 65.0 Å². The van der Waals surface area contributed by atoms with Gasteiger partial charge in [0.05, 0.1) is 12.7 Å². The molecule has 0 saturated heterocycles. The van der Waals surface area contributed by atoms with Crippen molar-refractivity contribution in [3.8, 4) is 5.75 Å². The van der Waals surface area contributed by atoms with Crippen LogP contribution in [0.15, 0.2) is 24.3 Å². The van der Waals surface area contributed by atoms with Gasteiger partial charge in [-0.15, -0.1) is 0 Å². The summed E-state index contributed by atoms with van der Waals surface area (Å²) < 4.78 is 14.9. The van der Waals surface area contributed by atoms with E-state index in [0.717, 1.165) is 0 Å². The Labute approximate surface area is 92.5 Å². The third-order valence-electron chi connectivity index (χ3n) is 2.60. The summed E-state index contributed by atoms with van der Waals surface area (Å²) in [7, 11) is 2.53. The van der Waals surface area contributed by atoms with Gasteiger partial charge in [-0.25, -0.2) is 4.79 Å². The van der Waals surface area contributed by atoms with Crippen LogP contribution in [0.2, 0.25) is 0 Å². The number of esters is 1. The molecule has 1 N–H and O–H groups in total. The van der Waals surface area contributed by atoms with Gasteiger partial charge in [0.25, 0.3) is 6.10 Å². The molecular formula is C11H12O5. The molecule has 0 bridgehead atoms. The Hall–Kier alpha value is -1.59. The van der Waals surface area contributed by atoms with Gasteiger partial charge in [0, 0.05) is 7.11 Å². The van der Waals surface area contributed by atoms with Crippen molar-refractivity contribution in [2.75, 3.05) is 14.2 Å². The lowest BCUT2D eigenvalue weighted by molar-refractivity contribution is -0.234. The van der Waals surface area contributed by atoms with Crippen LogP contribution in [0.4, 0.5) is 0 Å². The van der Waals surface area contributed by atoms with Crippen molar-refractivity contribution in [1.29, 1.82) is 0 Å². The van der Waals surface area contributed by atoms with Crippen LogP contribution in [0.1, 0.15) is 5.56 Å². The maximum Gasteiger partial charge on any atom is 0.353 e. The first-order valence-electron chi connectivity index (χ1n) is 4.75. The number of aliphatic hydroxyl groups is 1. The quantitative estimate of drug-likeness (QED) is 0.582. The standard InChI is InChI=1S/C11H12O5/c1-14-10(12)9-11(13,15-2)7-5-3-4-6-8(7)16-9/h3-6,9,13H,1-2H3. The zero-order valence-corrected chi connectivity index (χ0v) is 8.97. The van der Waals surface area contributed by atoms with Gasteiger partial charge in [-0.2, -0.15) is 0 Å². The minimum Gasteiger partial charge on any atom is -0.472 e. The second-order valence-corrected chi connectivity index (χ2v) is 3.42. The number of fused-ring (bicyclic) bond motifs is 1. The minimum atomic E-state index is -1.79. The summed E-state index contributed by atoms with van der Waals surface area (Å²) >= 11 is 0. The number of rotatable bonds is 2. The van der Waals surface area contributed by atoms with Crippen molar-refractivity contribution in [3.05, 3.63) is 29.8 Å². The molecule has 5 nitrogen and oxygen atoms in total. The number of hydrogen-bond donors (Lipinski definition) is 1. The summed E-state index contributed by atoms with van der Waals surface area (Å²) in [5, 5.41) is 10.3. The van der Waals surface area contributed by atoms with Crippen molar-refractivity contribution in [1.82, 2.24) is 0 Å². The normalized spacial score (nSPS) is 27.1. The highest BCUT2D eigenvalue weighted by Gasteiger charge is 2.53. The number of carbonyl (C=O) groups is 1. The summed E-state index contributed by atoms with van der Waals surface area (Å²) in [5.41, 5.74) is 0.424. The van der Waals surface area contributed by atoms with Crippen molar-refractivity contribution in [3.63, 3.8) is 0 Å². The smallest absolute Gasteiger partial charge is 0.353 e. The Morgan fingerprint density at radius 2 is 2.12 bits per heavy atom. The fourth-order valence-corrected chi connectivity index (χ4v) is 1.75. The molecule has 1 aromatic rings.